The van der Waals surface area contributed by atoms with Crippen LogP contribution in [0.3, 0.4) is 0 Å². The van der Waals surface area contributed by atoms with E-state index in [1.807, 2.05) is 43.3 Å². The largest absolute Gasteiger partial charge is 0.480 e. The molecule has 1 unspecified atom stereocenters. The number of rotatable bonds is 6. The fraction of sp³-hybridized carbons (Fsp3) is 0.115. The summed E-state index contributed by atoms with van der Waals surface area (Å²) in [7, 11) is 1.50. The van der Waals surface area contributed by atoms with Crippen LogP contribution in [-0.2, 0) is 0 Å². The van der Waals surface area contributed by atoms with Crippen LogP contribution in [0.4, 0.5) is 11.8 Å². The molecule has 0 aliphatic carbocycles. The van der Waals surface area contributed by atoms with Crippen LogP contribution in [0.5, 0.6) is 5.88 Å². The second-order valence-electron chi connectivity index (χ2n) is 8.06. The number of nitrogens with zero attached hydrogens (tertiary/aromatic N) is 7. The van der Waals surface area contributed by atoms with E-state index in [4.69, 9.17) is 15.5 Å². The van der Waals surface area contributed by atoms with Gasteiger partial charge in [0.2, 0.25) is 11.8 Å². The van der Waals surface area contributed by atoms with E-state index < -0.39 is 6.04 Å². The Morgan fingerprint density at radius 1 is 1.05 bits per heavy atom. The maximum Gasteiger partial charge on any atom is 0.266 e. The molecule has 0 amide bonds. The molecule has 182 valence electrons. The Morgan fingerprint density at radius 2 is 1.86 bits per heavy atom. The van der Waals surface area contributed by atoms with E-state index in [-0.39, 0.29) is 22.9 Å². The molecule has 5 aromatic rings. The van der Waals surface area contributed by atoms with Gasteiger partial charge in [0, 0.05) is 5.56 Å². The third-order valence-corrected chi connectivity index (χ3v) is 5.70. The lowest BCUT2D eigenvalue weighted by molar-refractivity contribution is 0.396. The summed E-state index contributed by atoms with van der Waals surface area (Å²) in [6, 6.07) is 16.1. The lowest BCUT2D eigenvalue weighted by atomic mass is 10.1. The maximum atomic E-state index is 14.2. The van der Waals surface area contributed by atoms with Crippen molar-refractivity contribution < 1.29 is 4.74 Å². The van der Waals surface area contributed by atoms with Crippen molar-refractivity contribution in [2.24, 2.45) is 0 Å². The minimum Gasteiger partial charge on any atom is -0.480 e. The predicted molar refractivity (Wildman–Crippen MR) is 138 cm³/mol. The first-order chi connectivity index (χ1) is 18.0. The number of anilines is 2. The van der Waals surface area contributed by atoms with Gasteiger partial charge in [-0.2, -0.15) is 10.2 Å². The molecular formula is C26H21N9O2. The Kier molecular flexibility index (Phi) is 6.13. The fourth-order valence-corrected chi connectivity index (χ4v) is 4.01. The molecule has 0 aliphatic heterocycles. The predicted octanol–water partition coefficient (Wildman–Crippen LogP) is 3.27. The molecule has 0 bridgehead atoms. The van der Waals surface area contributed by atoms with Crippen molar-refractivity contribution in [3.63, 3.8) is 0 Å². The third-order valence-electron chi connectivity index (χ3n) is 5.70. The zero-order valence-electron chi connectivity index (χ0n) is 20.0. The first-order valence-corrected chi connectivity index (χ1v) is 11.3. The van der Waals surface area contributed by atoms with Gasteiger partial charge in [0.1, 0.15) is 23.3 Å². The Balaban J connectivity index is 1.74. The molecule has 3 aromatic heterocycles. The number of para-hydroxylation sites is 1. The van der Waals surface area contributed by atoms with Gasteiger partial charge in [-0.15, -0.1) is 0 Å². The van der Waals surface area contributed by atoms with Crippen LogP contribution in [0.1, 0.15) is 24.4 Å². The first-order valence-electron chi connectivity index (χ1n) is 11.3. The number of ether oxygens (including phenoxy) is 1. The van der Waals surface area contributed by atoms with Gasteiger partial charge in [0.05, 0.1) is 54.0 Å². The smallest absolute Gasteiger partial charge is 0.266 e. The van der Waals surface area contributed by atoms with Gasteiger partial charge in [-0.05, 0) is 25.1 Å². The van der Waals surface area contributed by atoms with E-state index >= 15 is 0 Å². The second kappa shape index (κ2) is 9.71. The molecule has 1 atom stereocenters. The first kappa shape index (κ1) is 23.4. The Hall–Kier alpha value is -5.37. The highest BCUT2D eigenvalue weighted by molar-refractivity contribution is 5.93. The molecule has 3 N–H and O–H groups in total. The summed E-state index contributed by atoms with van der Waals surface area (Å²) in [5, 5.41) is 13.0. The Labute approximate surface area is 211 Å². The number of methoxy groups -OCH3 is 1. The molecule has 0 spiro atoms. The highest BCUT2D eigenvalue weighted by atomic mass is 16.5. The Morgan fingerprint density at radius 3 is 2.62 bits per heavy atom. The van der Waals surface area contributed by atoms with Crippen molar-refractivity contribution >= 4 is 22.7 Å². The van der Waals surface area contributed by atoms with Crippen LogP contribution in [0.2, 0.25) is 0 Å². The van der Waals surface area contributed by atoms with Crippen molar-refractivity contribution in [3.05, 3.63) is 88.9 Å². The van der Waals surface area contributed by atoms with Crippen molar-refractivity contribution in [2.45, 2.75) is 13.0 Å². The number of hydrogen-bond acceptors (Lipinski definition) is 10. The van der Waals surface area contributed by atoms with Gasteiger partial charge in [0.25, 0.3) is 5.56 Å². The molecule has 0 saturated heterocycles. The van der Waals surface area contributed by atoms with Crippen LogP contribution in [0.25, 0.3) is 27.8 Å². The normalized spacial score (nSPS) is 11.6. The van der Waals surface area contributed by atoms with E-state index in [0.717, 1.165) is 0 Å². The van der Waals surface area contributed by atoms with Crippen LogP contribution < -0.4 is 21.3 Å². The van der Waals surface area contributed by atoms with Crippen LogP contribution in [-0.4, -0.2) is 36.6 Å². The minimum atomic E-state index is -0.543. The van der Waals surface area contributed by atoms with Crippen LogP contribution >= 0.6 is 0 Å². The molecule has 11 nitrogen and oxygen atoms in total. The van der Waals surface area contributed by atoms with Gasteiger partial charge in [0.15, 0.2) is 0 Å². The number of nitrogen functional groups attached to an aromatic ring is 1. The zero-order valence-corrected chi connectivity index (χ0v) is 20.0. The van der Waals surface area contributed by atoms with Crippen molar-refractivity contribution in [1.29, 1.82) is 5.26 Å². The summed E-state index contributed by atoms with van der Waals surface area (Å²) in [5.74, 6) is 1.01. The lowest BCUT2D eigenvalue weighted by Gasteiger charge is -2.21. The SMILES string of the molecule is COc1cncc(-c2cccc3nc(C(C)Nc4nc(N)ncc4C#N)n(-c4ccccc4)c(=O)c23)n1. The van der Waals surface area contributed by atoms with Crippen molar-refractivity contribution in [2.75, 3.05) is 18.2 Å². The number of hydrogen-bond donors (Lipinski definition) is 2. The number of nitriles is 1. The number of fused-ring (bicyclic) bond motifs is 1. The zero-order chi connectivity index (χ0) is 25.9. The average Bonchev–Trinajstić information content (AvgIpc) is 2.93. The summed E-state index contributed by atoms with van der Waals surface area (Å²) in [6.45, 7) is 1.82. The molecule has 0 saturated carbocycles. The molecule has 3 heterocycles. The Bertz CT molecular complexity index is 1710. The highest BCUT2D eigenvalue weighted by Crippen LogP contribution is 2.28. The number of nitrogens with two attached hydrogens (primary N) is 1. The van der Waals surface area contributed by atoms with Crippen molar-refractivity contribution in [3.8, 4) is 28.9 Å². The molecular weight excluding hydrogens is 470 g/mol. The summed E-state index contributed by atoms with van der Waals surface area (Å²) in [5.41, 5.74) is 7.84. The van der Waals surface area contributed by atoms with Gasteiger partial charge in [-0.25, -0.2) is 15.0 Å². The highest BCUT2D eigenvalue weighted by Gasteiger charge is 2.22. The van der Waals surface area contributed by atoms with Gasteiger partial charge >= 0.3 is 0 Å². The molecule has 0 aliphatic rings. The molecule has 0 radical (unpaired) electrons. The summed E-state index contributed by atoms with van der Waals surface area (Å²) in [4.78, 5) is 35.7. The van der Waals surface area contributed by atoms with E-state index in [0.29, 0.717) is 39.6 Å². The fourth-order valence-electron chi connectivity index (χ4n) is 4.01. The third kappa shape index (κ3) is 4.39. The standard InChI is InChI=1S/C26H21N9O2/c1-15(31-23-16(11-27)12-30-26(28)34-23)24-33-19-10-6-9-18(20-13-29-14-21(32-20)37-2)22(19)25(36)35(24)17-7-4-3-5-8-17/h3-10,12-15H,1-2H3,(H3,28,30,31,34). The number of nitrogens with one attached hydrogen (secondary N) is 1. The van der Waals surface area contributed by atoms with Crippen LogP contribution in [0.15, 0.2) is 71.9 Å². The monoisotopic (exact) mass is 491 g/mol. The minimum absolute atomic E-state index is 0.0182. The summed E-state index contributed by atoms with van der Waals surface area (Å²) >= 11 is 0. The molecule has 0 fully saturated rings. The van der Waals surface area contributed by atoms with Crippen molar-refractivity contribution in [1.82, 2.24) is 29.5 Å². The van der Waals surface area contributed by atoms with E-state index in [1.54, 1.807) is 24.4 Å². The van der Waals surface area contributed by atoms with E-state index in [1.165, 1.54) is 24.1 Å². The number of aromatic nitrogens is 6. The molecule has 11 heteroatoms. The number of benzene rings is 2. The van der Waals surface area contributed by atoms with Crippen LogP contribution in [0, 0.1) is 11.3 Å². The van der Waals surface area contributed by atoms with Gasteiger partial charge < -0.3 is 15.8 Å². The maximum absolute atomic E-state index is 14.2. The quantitative estimate of drug-likeness (QED) is 0.361. The topological polar surface area (TPSA) is 158 Å². The average molecular weight is 492 g/mol. The lowest BCUT2D eigenvalue weighted by Crippen LogP contribution is -2.28. The summed E-state index contributed by atoms with van der Waals surface area (Å²) in [6.07, 6.45) is 4.41. The van der Waals surface area contributed by atoms with Gasteiger partial charge in [-0.1, -0.05) is 30.3 Å². The molecule has 5 rings (SSSR count). The van der Waals surface area contributed by atoms with E-state index in [2.05, 4.69) is 25.3 Å². The molecule has 37 heavy (non-hydrogen) atoms. The molecule has 2 aromatic carbocycles. The summed E-state index contributed by atoms with van der Waals surface area (Å²) < 4.78 is 6.76. The second-order valence-corrected chi connectivity index (χ2v) is 8.06. The van der Waals surface area contributed by atoms with E-state index in [9.17, 15) is 10.1 Å². The van der Waals surface area contributed by atoms with Gasteiger partial charge in [-0.3, -0.25) is 14.3 Å².